The number of anilines is 1. The van der Waals surface area contributed by atoms with Crippen molar-refractivity contribution < 1.29 is 14.3 Å². The van der Waals surface area contributed by atoms with E-state index in [2.05, 4.69) is 10.3 Å². The number of esters is 1. The van der Waals surface area contributed by atoms with E-state index in [0.717, 1.165) is 27.7 Å². The lowest BCUT2D eigenvalue weighted by molar-refractivity contribution is -0.136. The maximum absolute atomic E-state index is 12.9. The monoisotopic (exact) mass is 447 g/mol. The number of carbonyl (C=O) groups is 2. The quantitative estimate of drug-likeness (QED) is 0.647. The number of hydrogen-bond donors (Lipinski definition) is 1. The summed E-state index contributed by atoms with van der Waals surface area (Å²) in [5.41, 5.74) is 5.89. The number of thioether (sulfide) groups is 1. The van der Waals surface area contributed by atoms with E-state index in [1.54, 1.807) is 0 Å². The Kier molecular flexibility index (Phi) is 6.19. The number of carbonyl (C=O) groups excluding carboxylic acids is 2. The van der Waals surface area contributed by atoms with Crippen LogP contribution < -0.4 is 5.32 Å². The molecule has 2 aromatic carbocycles. The zero-order chi connectivity index (χ0) is 22.8. The molecule has 0 saturated carbocycles. The standard InChI is InChI=1S/C25H25N3O3S/c1-15-10-11-19(12-16(15)2)27-21(29)13-20-14-32-25-26-17(3)22(24(30)31-4)23(28(20)25)18-8-6-5-7-9-18/h5-12,14,23H,13H2,1-4H3,(H,27,29). The van der Waals surface area contributed by atoms with Crippen molar-refractivity contribution in [3.8, 4) is 0 Å². The lowest BCUT2D eigenvalue weighted by Gasteiger charge is -2.36. The van der Waals surface area contributed by atoms with Crippen LogP contribution in [-0.4, -0.2) is 29.1 Å². The van der Waals surface area contributed by atoms with E-state index >= 15 is 0 Å². The van der Waals surface area contributed by atoms with Crippen molar-refractivity contribution >= 4 is 34.5 Å². The molecular weight excluding hydrogens is 422 g/mol. The lowest BCUT2D eigenvalue weighted by atomic mass is 9.94. The summed E-state index contributed by atoms with van der Waals surface area (Å²) in [5.74, 6) is -0.547. The average molecular weight is 448 g/mol. The van der Waals surface area contributed by atoms with E-state index in [-0.39, 0.29) is 12.3 Å². The lowest BCUT2D eigenvalue weighted by Crippen LogP contribution is -2.37. The van der Waals surface area contributed by atoms with Crippen LogP contribution in [0.15, 0.2) is 75.9 Å². The molecule has 6 nitrogen and oxygen atoms in total. The first-order valence-corrected chi connectivity index (χ1v) is 11.2. The van der Waals surface area contributed by atoms with Crippen molar-refractivity contribution in [3.05, 3.63) is 87.6 Å². The van der Waals surface area contributed by atoms with Gasteiger partial charge in [0, 0.05) is 11.4 Å². The molecule has 1 atom stereocenters. The minimum absolute atomic E-state index is 0.126. The van der Waals surface area contributed by atoms with E-state index < -0.39 is 12.0 Å². The molecule has 0 bridgehead atoms. The van der Waals surface area contributed by atoms with Gasteiger partial charge in [-0.1, -0.05) is 48.2 Å². The Hall–Kier alpha value is -3.32. The predicted molar refractivity (Wildman–Crippen MR) is 128 cm³/mol. The molecule has 0 fully saturated rings. The molecule has 4 rings (SSSR count). The molecule has 164 valence electrons. The van der Waals surface area contributed by atoms with E-state index in [4.69, 9.17) is 4.74 Å². The van der Waals surface area contributed by atoms with Crippen LogP contribution >= 0.6 is 11.8 Å². The average Bonchev–Trinajstić information content (AvgIpc) is 3.17. The van der Waals surface area contributed by atoms with E-state index in [0.29, 0.717) is 11.3 Å². The third-order valence-corrected chi connectivity index (χ3v) is 6.54. The number of nitrogens with zero attached hydrogens (tertiary/aromatic N) is 2. The van der Waals surface area contributed by atoms with Gasteiger partial charge in [-0.25, -0.2) is 9.79 Å². The van der Waals surface area contributed by atoms with Gasteiger partial charge in [0.2, 0.25) is 5.91 Å². The van der Waals surface area contributed by atoms with Gasteiger partial charge in [0.1, 0.15) is 0 Å². The van der Waals surface area contributed by atoms with Crippen LogP contribution in [0.5, 0.6) is 0 Å². The van der Waals surface area contributed by atoms with Crippen LogP contribution in [0.3, 0.4) is 0 Å². The van der Waals surface area contributed by atoms with Crippen molar-refractivity contribution in [2.24, 2.45) is 4.99 Å². The Morgan fingerprint density at radius 3 is 2.53 bits per heavy atom. The number of nitrogens with one attached hydrogen (secondary N) is 1. The molecule has 7 heteroatoms. The number of methoxy groups -OCH3 is 1. The van der Waals surface area contributed by atoms with Crippen LogP contribution in [0.4, 0.5) is 5.69 Å². The highest BCUT2D eigenvalue weighted by atomic mass is 32.2. The highest BCUT2D eigenvalue weighted by Gasteiger charge is 2.40. The van der Waals surface area contributed by atoms with E-state index in [9.17, 15) is 9.59 Å². The van der Waals surface area contributed by atoms with Crippen molar-refractivity contribution in [2.45, 2.75) is 33.2 Å². The van der Waals surface area contributed by atoms with Gasteiger partial charge in [-0.15, -0.1) is 0 Å². The maximum Gasteiger partial charge on any atom is 0.338 e. The molecular formula is C25H25N3O3S. The van der Waals surface area contributed by atoms with E-state index in [1.807, 2.05) is 79.6 Å². The number of allylic oxidation sites excluding steroid dienone is 1. The van der Waals surface area contributed by atoms with Gasteiger partial charge in [0.05, 0.1) is 30.8 Å². The number of amidine groups is 1. The SMILES string of the molecule is COC(=O)C1=C(C)N=C2SC=C(CC(=O)Nc3ccc(C)c(C)c3)N2C1c1ccccc1. The molecule has 32 heavy (non-hydrogen) atoms. The summed E-state index contributed by atoms with van der Waals surface area (Å²) < 4.78 is 5.08. The minimum Gasteiger partial charge on any atom is -0.466 e. The topological polar surface area (TPSA) is 71.0 Å². The van der Waals surface area contributed by atoms with Crippen LogP contribution in [-0.2, 0) is 14.3 Å². The first kappa shape index (κ1) is 21.9. The smallest absolute Gasteiger partial charge is 0.338 e. The summed E-state index contributed by atoms with van der Waals surface area (Å²) in [6.07, 6.45) is 0.162. The number of ether oxygens (including phenoxy) is 1. The molecule has 1 amide bonds. The fourth-order valence-electron chi connectivity index (χ4n) is 3.88. The second kappa shape index (κ2) is 9.04. The maximum atomic E-state index is 12.9. The summed E-state index contributed by atoms with van der Waals surface area (Å²) in [7, 11) is 1.37. The third kappa shape index (κ3) is 4.21. The minimum atomic E-state index is -0.421. The Morgan fingerprint density at radius 2 is 1.84 bits per heavy atom. The molecule has 0 radical (unpaired) electrons. The molecule has 2 aliphatic rings. The van der Waals surface area contributed by atoms with Crippen molar-refractivity contribution in [2.75, 3.05) is 12.4 Å². The summed E-state index contributed by atoms with van der Waals surface area (Å²) in [5, 5.41) is 5.66. The van der Waals surface area contributed by atoms with Gasteiger partial charge < -0.3 is 15.0 Å². The van der Waals surface area contributed by atoms with Gasteiger partial charge in [-0.05, 0) is 55.0 Å². The molecule has 0 aliphatic carbocycles. The van der Waals surface area contributed by atoms with Gasteiger partial charge in [0.15, 0.2) is 5.17 Å². The highest BCUT2D eigenvalue weighted by Crippen LogP contribution is 2.44. The van der Waals surface area contributed by atoms with Gasteiger partial charge in [-0.3, -0.25) is 4.79 Å². The summed E-state index contributed by atoms with van der Waals surface area (Å²) in [6, 6.07) is 15.2. The molecule has 2 aliphatic heterocycles. The summed E-state index contributed by atoms with van der Waals surface area (Å²) >= 11 is 1.46. The molecule has 1 unspecified atom stereocenters. The second-order valence-electron chi connectivity index (χ2n) is 7.82. The zero-order valence-corrected chi connectivity index (χ0v) is 19.3. The highest BCUT2D eigenvalue weighted by molar-refractivity contribution is 8.16. The van der Waals surface area contributed by atoms with Gasteiger partial charge >= 0.3 is 5.97 Å². The number of hydrogen-bond acceptors (Lipinski definition) is 6. The third-order valence-electron chi connectivity index (χ3n) is 5.65. The summed E-state index contributed by atoms with van der Waals surface area (Å²) in [4.78, 5) is 32.2. The molecule has 0 saturated heterocycles. The largest absolute Gasteiger partial charge is 0.466 e. The van der Waals surface area contributed by atoms with Gasteiger partial charge in [0.25, 0.3) is 0 Å². The van der Waals surface area contributed by atoms with E-state index in [1.165, 1.54) is 24.4 Å². The van der Waals surface area contributed by atoms with Crippen LogP contribution in [0.2, 0.25) is 0 Å². The fourth-order valence-corrected chi connectivity index (χ4v) is 4.84. The fraction of sp³-hybridized carbons (Fsp3) is 0.240. The Morgan fingerprint density at radius 1 is 1.09 bits per heavy atom. The number of fused-ring (bicyclic) bond motifs is 1. The molecule has 0 aromatic heterocycles. The predicted octanol–water partition coefficient (Wildman–Crippen LogP) is 5.08. The zero-order valence-electron chi connectivity index (χ0n) is 18.5. The molecule has 2 heterocycles. The van der Waals surface area contributed by atoms with Crippen molar-refractivity contribution in [3.63, 3.8) is 0 Å². The van der Waals surface area contributed by atoms with Crippen LogP contribution in [0.1, 0.15) is 36.1 Å². The summed E-state index contributed by atoms with van der Waals surface area (Å²) in [6.45, 7) is 5.87. The number of rotatable bonds is 5. The number of aryl methyl sites for hydroxylation is 2. The normalized spacial score (nSPS) is 17.5. The number of amides is 1. The Balaban J connectivity index is 1.63. The van der Waals surface area contributed by atoms with Crippen molar-refractivity contribution in [1.82, 2.24) is 4.90 Å². The van der Waals surface area contributed by atoms with Gasteiger partial charge in [-0.2, -0.15) is 0 Å². The number of benzene rings is 2. The molecule has 2 aromatic rings. The first-order chi connectivity index (χ1) is 15.4. The van der Waals surface area contributed by atoms with Crippen molar-refractivity contribution in [1.29, 1.82) is 0 Å². The van der Waals surface area contributed by atoms with Crippen LogP contribution in [0.25, 0.3) is 0 Å². The number of aliphatic imine (C=N–C) groups is 1. The Bertz CT molecular complexity index is 1170. The second-order valence-corrected chi connectivity index (χ2v) is 8.66. The molecule has 0 spiro atoms. The Labute approximate surface area is 192 Å². The first-order valence-electron chi connectivity index (χ1n) is 10.3. The molecule has 1 N–H and O–H groups in total. The van der Waals surface area contributed by atoms with Crippen LogP contribution in [0, 0.1) is 13.8 Å².